The largest absolute Gasteiger partial charge is 0.379 e. The lowest BCUT2D eigenvalue weighted by Crippen LogP contribution is -2.37. The van der Waals surface area contributed by atoms with Gasteiger partial charge in [0.25, 0.3) is 0 Å². The maximum atomic E-state index is 12.2. The van der Waals surface area contributed by atoms with E-state index in [0.717, 1.165) is 44.0 Å². The van der Waals surface area contributed by atoms with E-state index in [2.05, 4.69) is 46.7 Å². The first-order valence-electron chi connectivity index (χ1n) is 9.15. The average molecular weight is 353 g/mol. The van der Waals surface area contributed by atoms with Crippen LogP contribution in [0.1, 0.15) is 22.3 Å². The van der Waals surface area contributed by atoms with Gasteiger partial charge in [-0.3, -0.25) is 4.90 Å². The molecule has 1 aliphatic rings. The van der Waals surface area contributed by atoms with Crippen molar-refractivity contribution >= 4 is 6.03 Å². The number of morpholine rings is 1. The second kappa shape index (κ2) is 9.36. The maximum absolute atomic E-state index is 12.2. The van der Waals surface area contributed by atoms with Crippen LogP contribution in [-0.2, 0) is 24.4 Å². The van der Waals surface area contributed by atoms with Crippen molar-refractivity contribution in [3.8, 4) is 0 Å². The molecule has 2 aromatic rings. The lowest BCUT2D eigenvalue weighted by atomic mass is 10.1. The van der Waals surface area contributed by atoms with Crippen molar-refractivity contribution < 1.29 is 9.53 Å². The number of hydrogen-bond donors (Lipinski definition) is 2. The molecule has 0 aromatic heterocycles. The van der Waals surface area contributed by atoms with Crippen LogP contribution in [-0.4, -0.2) is 37.2 Å². The van der Waals surface area contributed by atoms with Gasteiger partial charge < -0.3 is 15.4 Å². The summed E-state index contributed by atoms with van der Waals surface area (Å²) >= 11 is 0. The number of aryl methyl sites for hydroxylation is 1. The fourth-order valence-corrected chi connectivity index (χ4v) is 3.11. The minimum absolute atomic E-state index is 0.144. The Morgan fingerprint density at radius 2 is 1.50 bits per heavy atom. The van der Waals surface area contributed by atoms with E-state index < -0.39 is 0 Å². The number of benzene rings is 2. The standard InChI is InChI=1S/C21H27N3O2/c1-17-6-2-3-7-18(17)14-22-21(25)23-15-19-8-4-5-9-20(19)16-24-10-12-26-13-11-24/h2-9H,10-16H2,1H3,(H2,22,23,25). The highest BCUT2D eigenvalue weighted by Crippen LogP contribution is 2.13. The van der Waals surface area contributed by atoms with Gasteiger partial charge in [0, 0.05) is 32.7 Å². The van der Waals surface area contributed by atoms with Crippen LogP contribution >= 0.6 is 0 Å². The van der Waals surface area contributed by atoms with Crippen LogP contribution in [0.4, 0.5) is 4.79 Å². The third-order valence-electron chi connectivity index (χ3n) is 4.76. The Labute approximate surface area is 155 Å². The van der Waals surface area contributed by atoms with Gasteiger partial charge in [-0.15, -0.1) is 0 Å². The van der Waals surface area contributed by atoms with E-state index in [4.69, 9.17) is 4.74 Å². The van der Waals surface area contributed by atoms with Crippen LogP contribution in [0.15, 0.2) is 48.5 Å². The molecule has 2 N–H and O–H groups in total. The van der Waals surface area contributed by atoms with Crippen LogP contribution in [0.3, 0.4) is 0 Å². The number of hydrogen-bond acceptors (Lipinski definition) is 3. The number of urea groups is 1. The van der Waals surface area contributed by atoms with E-state index >= 15 is 0 Å². The second-order valence-electron chi connectivity index (χ2n) is 6.62. The minimum atomic E-state index is -0.144. The third-order valence-corrected chi connectivity index (χ3v) is 4.76. The van der Waals surface area contributed by atoms with Gasteiger partial charge in [-0.2, -0.15) is 0 Å². The van der Waals surface area contributed by atoms with Gasteiger partial charge in [-0.05, 0) is 29.2 Å². The van der Waals surface area contributed by atoms with E-state index in [1.165, 1.54) is 11.1 Å². The summed E-state index contributed by atoms with van der Waals surface area (Å²) in [5, 5.41) is 5.91. The van der Waals surface area contributed by atoms with E-state index in [0.29, 0.717) is 13.1 Å². The van der Waals surface area contributed by atoms with E-state index in [-0.39, 0.29) is 6.03 Å². The normalized spacial score (nSPS) is 14.8. The average Bonchev–Trinajstić information content (AvgIpc) is 2.67. The van der Waals surface area contributed by atoms with Gasteiger partial charge in [-0.1, -0.05) is 48.5 Å². The molecule has 0 bridgehead atoms. The molecule has 2 aromatic carbocycles. The Bertz CT molecular complexity index is 727. The summed E-state index contributed by atoms with van der Waals surface area (Å²) in [7, 11) is 0. The smallest absolute Gasteiger partial charge is 0.315 e. The van der Waals surface area contributed by atoms with Gasteiger partial charge in [0.15, 0.2) is 0 Å². The molecule has 0 spiro atoms. The molecule has 1 heterocycles. The minimum Gasteiger partial charge on any atom is -0.379 e. The predicted molar refractivity (Wildman–Crippen MR) is 103 cm³/mol. The molecule has 1 fully saturated rings. The molecule has 2 amide bonds. The number of rotatable bonds is 6. The molecule has 138 valence electrons. The Morgan fingerprint density at radius 1 is 0.923 bits per heavy atom. The van der Waals surface area contributed by atoms with Gasteiger partial charge in [0.1, 0.15) is 0 Å². The molecule has 0 atom stereocenters. The number of amides is 2. The Kier molecular flexibility index (Phi) is 6.63. The summed E-state index contributed by atoms with van der Waals surface area (Å²) in [4.78, 5) is 14.5. The molecule has 3 rings (SSSR count). The molecular weight excluding hydrogens is 326 g/mol. The lowest BCUT2D eigenvalue weighted by molar-refractivity contribution is 0.0341. The maximum Gasteiger partial charge on any atom is 0.315 e. The van der Waals surface area contributed by atoms with Gasteiger partial charge >= 0.3 is 6.03 Å². The van der Waals surface area contributed by atoms with Crippen molar-refractivity contribution in [2.75, 3.05) is 26.3 Å². The highest BCUT2D eigenvalue weighted by atomic mass is 16.5. The van der Waals surface area contributed by atoms with E-state index in [9.17, 15) is 4.79 Å². The van der Waals surface area contributed by atoms with Crippen LogP contribution in [0, 0.1) is 6.92 Å². The molecule has 0 aliphatic carbocycles. The van der Waals surface area contributed by atoms with Gasteiger partial charge in [0.05, 0.1) is 13.2 Å². The molecule has 1 aliphatic heterocycles. The van der Waals surface area contributed by atoms with Crippen molar-refractivity contribution in [2.24, 2.45) is 0 Å². The molecule has 5 nitrogen and oxygen atoms in total. The number of carbonyl (C=O) groups excluding carboxylic acids is 1. The third kappa shape index (κ3) is 5.31. The number of ether oxygens (including phenoxy) is 1. The summed E-state index contributed by atoms with van der Waals surface area (Å²) in [5.41, 5.74) is 4.73. The molecular formula is C21H27N3O2. The molecule has 1 saturated heterocycles. The molecule has 0 radical (unpaired) electrons. The van der Waals surface area contributed by atoms with Gasteiger partial charge in [-0.25, -0.2) is 4.79 Å². The van der Waals surface area contributed by atoms with E-state index in [1.807, 2.05) is 24.3 Å². The van der Waals surface area contributed by atoms with Crippen LogP contribution < -0.4 is 10.6 Å². The fourth-order valence-electron chi connectivity index (χ4n) is 3.11. The SMILES string of the molecule is Cc1ccccc1CNC(=O)NCc1ccccc1CN1CCOCC1. The summed E-state index contributed by atoms with van der Waals surface area (Å²) in [5.74, 6) is 0. The van der Waals surface area contributed by atoms with Crippen LogP contribution in [0.5, 0.6) is 0 Å². The Morgan fingerprint density at radius 3 is 2.19 bits per heavy atom. The number of carbonyl (C=O) groups is 1. The highest BCUT2D eigenvalue weighted by Gasteiger charge is 2.13. The Hall–Kier alpha value is -2.37. The number of nitrogens with zero attached hydrogens (tertiary/aromatic N) is 1. The zero-order chi connectivity index (χ0) is 18.2. The van der Waals surface area contributed by atoms with Crippen molar-refractivity contribution in [3.63, 3.8) is 0 Å². The predicted octanol–water partition coefficient (Wildman–Crippen LogP) is 2.83. The Balaban J connectivity index is 1.51. The van der Waals surface area contributed by atoms with Crippen molar-refractivity contribution in [3.05, 3.63) is 70.8 Å². The highest BCUT2D eigenvalue weighted by molar-refractivity contribution is 5.73. The first-order valence-corrected chi connectivity index (χ1v) is 9.15. The lowest BCUT2D eigenvalue weighted by Gasteiger charge is -2.27. The zero-order valence-corrected chi connectivity index (χ0v) is 15.3. The van der Waals surface area contributed by atoms with Crippen molar-refractivity contribution in [2.45, 2.75) is 26.6 Å². The van der Waals surface area contributed by atoms with E-state index in [1.54, 1.807) is 0 Å². The molecule has 5 heteroatoms. The first-order chi connectivity index (χ1) is 12.7. The molecule has 0 unspecified atom stereocenters. The summed E-state index contributed by atoms with van der Waals surface area (Å²) in [6.45, 7) is 7.51. The van der Waals surface area contributed by atoms with Crippen LogP contribution in [0.25, 0.3) is 0 Å². The van der Waals surface area contributed by atoms with Crippen LogP contribution in [0.2, 0.25) is 0 Å². The zero-order valence-electron chi connectivity index (χ0n) is 15.3. The fraction of sp³-hybridized carbons (Fsp3) is 0.381. The second-order valence-corrected chi connectivity index (χ2v) is 6.62. The van der Waals surface area contributed by atoms with Crippen molar-refractivity contribution in [1.82, 2.24) is 15.5 Å². The summed E-state index contributed by atoms with van der Waals surface area (Å²) in [6, 6.07) is 16.2. The molecule has 0 saturated carbocycles. The quantitative estimate of drug-likeness (QED) is 0.840. The number of nitrogens with one attached hydrogen (secondary N) is 2. The molecule has 26 heavy (non-hydrogen) atoms. The monoisotopic (exact) mass is 353 g/mol. The summed E-state index contributed by atoms with van der Waals surface area (Å²) in [6.07, 6.45) is 0. The topological polar surface area (TPSA) is 53.6 Å². The van der Waals surface area contributed by atoms with Crippen molar-refractivity contribution in [1.29, 1.82) is 0 Å². The summed E-state index contributed by atoms with van der Waals surface area (Å²) < 4.78 is 5.41. The first kappa shape index (κ1) is 18.4. The van der Waals surface area contributed by atoms with Gasteiger partial charge in [0.2, 0.25) is 0 Å².